The lowest BCUT2D eigenvalue weighted by molar-refractivity contribution is 0.0903. The Bertz CT molecular complexity index is 605. The normalized spacial score (nSPS) is 17.3. The van der Waals surface area contributed by atoms with Gasteiger partial charge in [0.25, 0.3) is 0 Å². The van der Waals surface area contributed by atoms with Gasteiger partial charge in [0.15, 0.2) is 5.78 Å². The molecule has 2 aromatic rings. The Morgan fingerprint density at radius 1 is 1.16 bits per heavy atom. The average Bonchev–Trinajstić information content (AvgIpc) is 2.71. The lowest BCUT2D eigenvalue weighted by Gasteiger charge is -2.26. The van der Waals surface area contributed by atoms with Crippen LogP contribution in [-0.2, 0) is 12.8 Å². The number of carbonyl (C=O) groups is 1. The fraction of sp³-hybridized carbons (Fsp3) is 0.353. The van der Waals surface area contributed by atoms with Crippen LogP contribution in [0.2, 0.25) is 0 Å². The van der Waals surface area contributed by atoms with Gasteiger partial charge >= 0.3 is 0 Å². The minimum absolute atomic E-state index is 0.0198. The first-order valence-electron chi connectivity index (χ1n) is 6.72. The van der Waals surface area contributed by atoms with Gasteiger partial charge in [0.2, 0.25) is 0 Å². The van der Waals surface area contributed by atoms with Crippen molar-refractivity contribution in [3.05, 3.63) is 59.0 Å². The lowest BCUT2D eigenvalue weighted by Crippen LogP contribution is -2.25. The van der Waals surface area contributed by atoms with Crippen molar-refractivity contribution in [3.8, 4) is 0 Å². The number of benzene rings is 1. The van der Waals surface area contributed by atoms with Crippen LogP contribution in [-0.4, -0.2) is 5.78 Å². The van der Waals surface area contributed by atoms with Crippen molar-refractivity contribution >= 4 is 5.78 Å². The Morgan fingerprint density at radius 3 is 2.63 bits per heavy atom. The highest BCUT2D eigenvalue weighted by Crippen LogP contribution is 2.36. The Hall–Kier alpha value is -1.83. The first-order chi connectivity index (χ1) is 9.03. The first-order valence-corrected chi connectivity index (χ1v) is 6.72. The Labute approximate surface area is 113 Å². The molecule has 1 aliphatic carbocycles. The van der Waals surface area contributed by atoms with Gasteiger partial charge in [-0.05, 0) is 17.0 Å². The van der Waals surface area contributed by atoms with Crippen LogP contribution >= 0.6 is 0 Å². The molecule has 0 saturated carbocycles. The van der Waals surface area contributed by atoms with Crippen molar-refractivity contribution in [1.82, 2.24) is 0 Å². The molecule has 0 fully saturated rings. The van der Waals surface area contributed by atoms with Crippen molar-refractivity contribution in [2.45, 2.75) is 33.1 Å². The van der Waals surface area contributed by atoms with Gasteiger partial charge in [0.1, 0.15) is 11.5 Å². The monoisotopic (exact) mass is 254 g/mol. The van der Waals surface area contributed by atoms with E-state index in [4.69, 9.17) is 4.42 Å². The van der Waals surface area contributed by atoms with Gasteiger partial charge in [-0.15, -0.1) is 0 Å². The highest BCUT2D eigenvalue weighted by atomic mass is 16.3. The fourth-order valence-electron chi connectivity index (χ4n) is 2.76. The molecule has 0 saturated heterocycles. The van der Waals surface area contributed by atoms with Crippen LogP contribution in [0, 0.1) is 5.41 Å². The third-order valence-corrected chi connectivity index (χ3v) is 3.66. The van der Waals surface area contributed by atoms with E-state index in [1.165, 1.54) is 5.56 Å². The minimum atomic E-state index is 0.0198. The number of ketones is 1. The Kier molecular flexibility index (Phi) is 2.81. The molecule has 1 heterocycles. The molecule has 0 bridgehead atoms. The zero-order valence-corrected chi connectivity index (χ0v) is 11.4. The van der Waals surface area contributed by atoms with Crippen LogP contribution in [0.3, 0.4) is 0 Å². The molecule has 2 nitrogen and oxygen atoms in total. The van der Waals surface area contributed by atoms with Crippen LogP contribution in [0.4, 0.5) is 0 Å². The highest BCUT2D eigenvalue weighted by molar-refractivity contribution is 5.98. The largest absolute Gasteiger partial charge is 0.465 e. The van der Waals surface area contributed by atoms with Gasteiger partial charge in [-0.1, -0.05) is 44.2 Å². The maximum absolute atomic E-state index is 12.1. The highest BCUT2D eigenvalue weighted by Gasteiger charge is 2.33. The molecule has 0 spiro atoms. The average molecular weight is 254 g/mol. The van der Waals surface area contributed by atoms with Gasteiger partial charge < -0.3 is 4.42 Å². The first kappa shape index (κ1) is 12.2. The van der Waals surface area contributed by atoms with Crippen molar-refractivity contribution in [2.24, 2.45) is 5.41 Å². The van der Waals surface area contributed by atoms with E-state index in [1.54, 1.807) is 0 Å². The predicted molar refractivity (Wildman–Crippen MR) is 74.4 cm³/mol. The Morgan fingerprint density at radius 2 is 1.89 bits per heavy atom. The molecule has 0 amide bonds. The van der Waals surface area contributed by atoms with E-state index in [1.807, 2.05) is 24.3 Å². The van der Waals surface area contributed by atoms with E-state index in [-0.39, 0.29) is 11.2 Å². The summed E-state index contributed by atoms with van der Waals surface area (Å²) in [6.45, 7) is 4.24. The predicted octanol–water partition coefficient (Wildman–Crippen LogP) is 4.03. The molecule has 1 aliphatic rings. The molecule has 0 N–H and O–H groups in total. The molecule has 2 heteroatoms. The molecule has 19 heavy (non-hydrogen) atoms. The topological polar surface area (TPSA) is 30.2 Å². The number of rotatable bonds is 2. The summed E-state index contributed by atoms with van der Waals surface area (Å²) in [5.41, 5.74) is 2.02. The third kappa shape index (κ3) is 2.48. The third-order valence-electron chi connectivity index (χ3n) is 3.66. The number of fused-ring (bicyclic) bond motifs is 1. The summed E-state index contributed by atoms with van der Waals surface area (Å²) in [4.78, 5) is 12.1. The molecular formula is C17H18O2. The SMILES string of the molecule is CC1(C)CC(=O)c2cc(Cc3ccccc3)oc2C1. The van der Waals surface area contributed by atoms with Crippen molar-refractivity contribution in [3.63, 3.8) is 0 Å². The maximum atomic E-state index is 12.1. The van der Waals surface area contributed by atoms with Crippen molar-refractivity contribution in [2.75, 3.05) is 0 Å². The van der Waals surface area contributed by atoms with Crippen LogP contribution in [0.25, 0.3) is 0 Å². The van der Waals surface area contributed by atoms with Crippen molar-refractivity contribution < 1.29 is 9.21 Å². The Balaban J connectivity index is 1.89. The summed E-state index contributed by atoms with van der Waals surface area (Å²) in [6.07, 6.45) is 2.22. The van der Waals surface area contributed by atoms with Gasteiger partial charge in [-0.3, -0.25) is 4.79 Å². The molecule has 98 valence electrons. The van der Waals surface area contributed by atoms with Crippen molar-refractivity contribution in [1.29, 1.82) is 0 Å². The smallest absolute Gasteiger partial charge is 0.166 e. The van der Waals surface area contributed by atoms with Crippen LogP contribution in [0.1, 0.15) is 47.7 Å². The van der Waals surface area contributed by atoms with Gasteiger partial charge in [-0.2, -0.15) is 0 Å². The molecule has 0 aliphatic heterocycles. The van der Waals surface area contributed by atoms with Gasteiger partial charge in [0, 0.05) is 19.3 Å². The number of hydrogen-bond acceptors (Lipinski definition) is 2. The van der Waals surface area contributed by atoms with E-state index < -0.39 is 0 Å². The lowest BCUT2D eigenvalue weighted by atomic mass is 9.77. The zero-order valence-electron chi connectivity index (χ0n) is 11.4. The summed E-state index contributed by atoms with van der Waals surface area (Å²) < 4.78 is 5.90. The summed E-state index contributed by atoms with van der Waals surface area (Å²) in [5, 5.41) is 0. The molecule has 0 unspecified atom stereocenters. The van der Waals surface area contributed by atoms with Gasteiger partial charge in [0.05, 0.1) is 5.56 Å². The van der Waals surface area contributed by atoms with Gasteiger partial charge in [-0.25, -0.2) is 0 Å². The summed E-state index contributed by atoms with van der Waals surface area (Å²) in [5.74, 6) is 1.98. The number of furan rings is 1. The molecule has 3 rings (SSSR count). The zero-order chi connectivity index (χ0) is 13.5. The number of carbonyl (C=O) groups excluding carboxylic acids is 1. The second-order valence-corrected chi connectivity index (χ2v) is 6.15. The summed E-state index contributed by atoms with van der Waals surface area (Å²) in [7, 11) is 0. The van der Waals surface area contributed by atoms with Crippen LogP contribution in [0.15, 0.2) is 40.8 Å². The van der Waals surface area contributed by atoms with Crippen LogP contribution < -0.4 is 0 Å². The van der Waals surface area contributed by atoms with E-state index in [0.29, 0.717) is 6.42 Å². The maximum Gasteiger partial charge on any atom is 0.166 e. The second-order valence-electron chi connectivity index (χ2n) is 6.15. The second kappa shape index (κ2) is 4.37. The summed E-state index contributed by atoms with van der Waals surface area (Å²) >= 11 is 0. The summed E-state index contributed by atoms with van der Waals surface area (Å²) in [6, 6.07) is 12.1. The minimum Gasteiger partial charge on any atom is -0.465 e. The number of Topliss-reactive ketones (excluding diaryl/α,β-unsaturated/α-hetero) is 1. The molecular weight excluding hydrogens is 236 g/mol. The van der Waals surface area contributed by atoms with E-state index in [2.05, 4.69) is 26.0 Å². The van der Waals surface area contributed by atoms with E-state index in [0.717, 1.165) is 29.9 Å². The molecule has 0 radical (unpaired) electrons. The number of hydrogen-bond donors (Lipinski definition) is 0. The standard InChI is InChI=1S/C17H18O2/c1-17(2)10-15(18)14-9-13(19-16(14)11-17)8-12-6-4-3-5-7-12/h3-7,9H,8,10-11H2,1-2H3. The van der Waals surface area contributed by atoms with E-state index >= 15 is 0 Å². The molecule has 0 atom stereocenters. The van der Waals surface area contributed by atoms with E-state index in [9.17, 15) is 4.79 Å². The quantitative estimate of drug-likeness (QED) is 0.810. The molecule has 1 aromatic carbocycles. The molecule has 1 aromatic heterocycles. The fourth-order valence-corrected chi connectivity index (χ4v) is 2.76. The van der Waals surface area contributed by atoms with Crippen LogP contribution in [0.5, 0.6) is 0 Å².